The third-order valence-corrected chi connectivity index (χ3v) is 3.40. The second-order valence-electron chi connectivity index (χ2n) is 5.00. The van der Waals surface area contributed by atoms with Crippen molar-refractivity contribution in [3.05, 3.63) is 70.8 Å². The van der Waals surface area contributed by atoms with Crippen LogP contribution in [0, 0.1) is 19.7 Å². The molecule has 4 heteroatoms. The molecule has 0 unspecified atom stereocenters. The maximum absolute atomic E-state index is 14.2. The van der Waals surface area contributed by atoms with Crippen LogP contribution < -0.4 is 0 Å². The molecule has 0 radical (unpaired) electrons. The average molecular weight is 280 g/mol. The fourth-order valence-electron chi connectivity index (χ4n) is 2.51. The van der Waals surface area contributed by atoms with Gasteiger partial charge < -0.3 is 0 Å². The molecule has 2 aromatic carbocycles. The van der Waals surface area contributed by atoms with Crippen molar-refractivity contribution in [3.63, 3.8) is 0 Å². The molecule has 21 heavy (non-hydrogen) atoms. The molecule has 0 N–H and O–H groups in total. The van der Waals surface area contributed by atoms with Gasteiger partial charge in [0.25, 0.3) is 0 Å². The lowest BCUT2D eigenvalue weighted by Gasteiger charge is -2.09. The van der Waals surface area contributed by atoms with E-state index in [-0.39, 0.29) is 11.3 Å². The quantitative estimate of drug-likeness (QED) is 0.673. The topological polar surface area (TPSA) is 42.9 Å². The third-order valence-electron chi connectivity index (χ3n) is 3.40. The number of aryl methyl sites for hydroxylation is 2. The van der Waals surface area contributed by atoms with Gasteiger partial charge in [0.2, 0.25) is 0 Å². The van der Waals surface area contributed by atoms with Crippen LogP contribution in [0.4, 0.5) is 4.39 Å². The van der Waals surface area contributed by atoms with Crippen molar-refractivity contribution >= 4 is 16.8 Å². The van der Waals surface area contributed by atoms with Crippen LogP contribution in [-0.2, 0) is 0 Å². The SMILES string of the molecule is Cc1cc(C)c(C(=O)c2cccc3nccnc23)c(F)c1. The number of hydrogen-bond donors (Lipinski definition) is 0. The highest BCUT2D eigenvalue weighted by Crippen LogP contribution is 2.23. The summed E-state index contributed by atoms with van der Waals surface area (Å²) in [6.45, 7) is 3.54. The number of halogens is 1. The van der Waals surface area contributed by atoms with E-state index in [1.54, 1.807) is 44.3 Å². The van der Waals surface area contributed by atoms with Gasteiger partial charge in [0, 0.05) is 12.4 Å². The summed E-state index contributed by atoms with van der Waals surface area (Å²) in [5, 5.41) is 0. The minimum absolute atomic E-state index is 0.0961. The summed E-state index contributed by atoms with van der Waals surface area (Å²) in [4.78, 5) is 21.1. The molecule has 0 saturated carbocycles. The number of nitrogens with zero attached hydrogens (tertiary/aromatic N) is 2. The number of carbonyl (C=O) groups is 1. The summed E-state index contributed by atoms with van der Waals surface area (Å²) >= 11 is 0. The van der Waals surface area contributed by atoms with Crippen molar-refractivity contribution in [1.29, 1.82) is 0 Å². The second-order valence-corrected chi connectivity index (χ2v) is 5.00. The number of fused-ring (bicyclic) bond motifs is 1. The maximum atomic E-state index is 14.2. The summed E-state index contributed by atoms with van der Waals surface area (Å²) in [5.41, 5.74) is 2.99. The van der Waals surface area contributed by atoms with Crippen LogP contribution in [0.1, 0.15) is 27.0 Å². The summed E-state index contributed by atoms with van der Waals surface area (Å²) < 4.78 is 14.2. The number of hydrogen-bond acceptors (Lipinski definition) is 3. The molecule has 0 bridgehead atoms. The van der Waals surface area contributed by atoms with Crippen molar-refractivity contribution in [3.8, 4) is 0 Å². The van der Waals surface area contributed by atoms with E-state index in [9.17, 15) is 9.18 Å². The van der Waals surface area contributed by atoms with Gasteiger partial charge in [0.1, 0.15) is 5.82 Å². The maximum Gasteiger partial charge on any atom is 0.198 e. The van der Waals surface area contributed by atoms with Crippen LogP contribution in [0.25, 0.3) is 11.0 Å². The highest BCUT2D eigenvalue weighted by molar-refractivity contribution is 6.15. The van der Waals surface area contributed by atoms with Gasteiger partial charge in [0.15, 0.2) is 5.78 Å². The molecule has 0 aliphatic heterocycles. The monoisotopic (exact) mass is 280 g/mol. The summed E-state index contributed by atoms with van der Waals surface area (Å²) in [7, 11) is 0. The van der Waals surface area contributed by atoms with E-state index in [0.717, 1.165) is 5.56 Å². The van der Waals surface area contributed by atoms with E-state index < -0.39 is 5.82 Å². The Morgan fingerprint density at radius 3 is 2.62 bits per heavy atom. The molecule has 0 aliphatic rings. The van der Waals surface area contributed by atoms with Gasteiger partial charge in [-0.05, 0) is 43.2 Å². The standard InChI is InChI=1S/C17H13FN2O/c1-10-8-11(2)15(13(18)9-10)17(21)12-4-3-5-14-16(12)20-7-6-19-14/h3-9H,1-2H3. The van der Waals surface area contributed by atoms with Gasteiger partial charge in [-0.15, -0.1) is 0 Å². The minimum Gasteiger partial charge on any atom is -0.288 e. The summed E-state index contributed by atoms with van der Waals surface area (Å²) in [5.74, 6) is -0.866. The zero-order chi connectivity index (χ0) is 15.0. The first-order valence-corrected chi connectivity index (χ1v) is 6.59. The van der Waals surface area contributed by atoms with Crippen molar-refractivity contribution in [2.45, 2.75) is 13.8 Å². The molecule has 3 nitrogen and oxygen atoms in total. The number of benzene rings is 2. The second kappa shape index (κ2) is 5.05. The Hall–Kier alpha value is -2.62. The lowest BCUT2D eigenvalue weighted by Crippen LogP contribution is -2.08. The van der Waals surface area contributed by atoms with E-state index >= 15 is 0 Å². The normalized spacial score (nSPS) is 10.8. The molecule has 3 rings (SSSR count). The Kier molecular flexibility index (Phi) is 3.22. The van der Waals surface area contributed by atoms with Crippen LogP contribution in [0.15, 0.2) is 42.7 Å². The van der Waals surface area contributed by atoms with Crippen molar-refractivity contribution in [2.75, 3.05) is 0 Å². The van der Waals surface area contributed by atoms with Gasteiger partial charge >= 0.3 is 0 Å². The van der Waals surface area contributed by atoms with Crippen LogP contribution in [-0.4, -0.2) is 15.8 Å². The number of rotatable bonds is 2. The Morgan fingerprint density at radius 1 is 1.10 bits per heavy atom. The smallest absolute Gasteiger partial charge is 0.198 e. The molecule has 1 heterocycles. The molecule has 0 aliphatic carbocycles. The summed E-state index contributed by atoms with van der Waals surface area (Å²) in [6.07, 6.45) is 3.09. The number of carbonyl (C=O) groups excluding carboxylic acids is 1. The Labute approximate surface area is 121 Å². The van der Waals surface area contributed by atoms with Gasteiger partial charge in [-0.25, -0.2) is 4.39 Å². The Balaban J connectivity index is 2.22. The van der Waals surface area contributed by atoms with E-state index in [1.807, 2.05) is 0 Å². The molecule has 104 valence electrons. The first-order chi connectivity index (χ1) is 10.1. The van der Waals surface area contributed by atoms with E-state index in [0.29, 0.717) is 22.2 Å². The van der Waals surface area contributed by atoms with E-state index in [4.69, 9.17) is 0 Å². The Morgan fingerprint density at radius 2 is 1.86 bits per heavy atom. The molecule has 0 amide bonds. The van der Waals surface area contributed by atoms with Crippen molar-refractivity contribution < 1.29 is 9.18 Å². The predicted molar refractivity (Wildman–Crippen MR) is 78.8 cm³/mol. The molecule has 0 spiro atoms. The molecular weight excluding hydrogens is 267 g/mol. The number of para-hydroxylation sites is 1. The lowest BCUT2D eigenvalue weighted by atomic mass is 9.96. The average Bonchev–Trinajstić information content (AvgIpc) is 2.45. The van der Waals surface area contributed by atoms with E-state index in [2.05, 4.69) is 9.97 Å². The van der Waals surface area contributed by atoms with Gasteiger partial charge in [-0.2, -0.15) is 0 Å². The van der Waals surface area contributed by atoms with Gasteiger partial charge in [0.05, 0.1) is 22.2 Å². The van der Waals surface area contributed by atoms with Crippen LogP contribution >= 0.6 is 0 Å². The highest BCUT2D eigenvalue weighted by Gasteiger charge is 2.19. The molecule has 3 aromatic rings. The molecular formula is C17H13FN2O. The number of aromatic nitrogens is 2. The molecule has 0 atom stereocenters. The first-order valence-electron chi connectivity index (χ1n) is 6.59. The summed E-state index contributed by atoms with van der Waals surface area (Å²) in [6, 6.07) is 8.32. The third kappa shape index (κ3) is 2.29. The van der Waals surface area contributed by atoms with Crippen LogP contribution in [0.3, 0.4) is 0 Å². The van der Waals surface area contributed by atoms with Gasteiger partial charge in [-0.3, -0.25) is 14.8 Å². The zero-order valence-electron chi connectivity index (χ0n) is 11.7. The first kappa shape index (κ1) is 13.4. The molecule has 0 fully saturated rings. The van der Waals surface area contributed by atoms with Crippen LogP contribution in [0.5, 0.6) is 0 Å². The molecule has 1 aromatic heterocycles. The fraction of sp³-hybridized carbons (Fsp3) is 0.118. The van der Waals surface area contributed by atoms with Crippen LogP contribution in [0.2, 0.25) is 0 Å². The largest absolute Gasteiger partial charge is 0.288 e. The fourth-order valence-corrected chi connectivity index (χ4v) is 2.51. The predicted octanol–water partition coefficient (Wildman–Crippen LogP) is 3.62. The molecule has 0 saturated heterocycles. The highest BCUT2D eigenvalue weighted by atomic mass is 19.1. The van der Waals surface area contributed by atoms with Crippen molar-refractivity contribution in [1.82, 2.24) is 9.97 Å². The number of ketones is 1. The minimum atomic E-state index is -0.501. The Bertz CT molecular complexity index is 830. The van der Waals surface area contributed by atoms with Gasteiger partial charge in [-0.1, -0.05) is 12.1 Å². The van der Waals surface area contributed by atoms with Crippen molar-refractivity contribution in [2.24, 2.45) is 0 Å². The zero-order valence-corrected chi connectivity index (χ0v) is 11.7. The lowest BCUT2D eigenvalue weighted by molar-refractivity contribution is 0.103. The van der Waals surface area contributed by atoms with E-state index in [1.165, 1.54) is 12.3 Å².